The number of hydrogen-bond acceptors (Lipinski definition) is 3. The van der Waals surface area contributed by atoms with Crippen LogP contribution in [0.25, 0.3) is 0 Å². The van der Waals surface area contributed by atoms with Crippen LogP contribution in [0.15, 0.2) is 48.5 Å². The van der Waals surface area contributed by atoms with Crippen LogP contribution < -0.4 is 4.74 Å². The molecule has 0 saturated carbocycles. The van der Waals surface area contributed by atoms with Gasteiger partial charge in [-0.15, -0.1) is 0 Å². The lowest BCUT2D eigenvalue weighted by atomic mass is 10.1. The van der Waals surface area contributed by atoms with Gasteiger partial charge in [0.2, 0.25) is 0 Å². The summed E-state index contributed by atoms with van der Waals surface area (Å²) in [6, 6.07) is 14.0. The van der Waals surface area contributed by atoms with Gasteiger partial charge in [-0.1, -0.05) is 36.4 Å². The molecule has 3 nitrogen and oxygen atoms in total. The van der Waals surface area contributed by atoms with Gasteiger partial charge in [0.25, 0.3) is 0 Å². The number of aliphatic hydroxyl groups is 1. The van der Waals surface area contributed by atoms with Crippen molar-refractivity contribution in [2.75, 3.05) is 6.79 Å². The summed E-state index contributed by atoms with van der Waals surface area (Å²) in [4.78, 5) is 0. The maximum Gasteiger partial charge on any atom is 0.189 e. The fourth-order valence-electron chi connectivity index (χ4n) is 1.73. The number of rotatable bonds is 6. The zero-order valence-electron chi connectivity index (χ0n) is 11.3. The molecule has 0 aliphatic heterocycles. The van der Waals surface area contributed by atoms with Crippen LogP contribution in [0.2, 0.25) is 0 Å². The third-order valence-corrected chi connectivity index (χ3v) is 2.85. The van der Waals surface area contributed by atoms with Crippen molar-refractivity contribution in [3.8, 4) is 5.75 Å². The van der Waals surface area contributed by atoms with E-state index in [0.29, 0.717) is 12.2 Å². The summed E-state index contributed by atoms with van der Waals surface area (Å²) in [5.74, 6) is -0.394. The Morgan fingerprint density at radius 1 is 1.15 bits per heavy atom. The molecule has 2 aromatic carbocycles. The first-order chi connectivity index (χ1) is 9.66. The Morgan fingerprint density at radius 2 is 1.90 bits per heavy atom. The predicted molar refractivity (Wildman–Crippen MR) is 73.8 cm³/mol. The van der Waals surface area contributed by atoms with Gasteiger partial charge in [-0.3, -0.25) is 0 Å². The molecule has 106 valence electrons. The minimum atomic E-state index is -0.701. The average Bonchev–Trinajstić information content (AvgIpc) is 2.46. The summed E-state index contributed by atoms with van der Waals surface area (Å²) >= 11 is 0. The highest BCUT2D eigenvalue weighted by atomic mass is 19.1. The average molecular weight is 276 g/mol. The molecule has 2 rings (SSSR count). The first kappa shape index (κ1) is 14.5. The smallest absolute Gasteiger partial charge is 0.189 e. The highest BCUT2D eigenvalue weighted by Crippen LogP contribution is 2.21. The van der Waals surface area contributed by atoms with E-state index in [1.807, 2.05) is 30.3 Å². The second-order valence-electron chi connectivity index (χ2n) is 4.46. The van der Waals surface area contributed by atoms with E-state index in [9.17, 15) is 9.50 Å². The summed E-state index contributed by atoms with van der Waals surface area (Å²) in [5.41, 5.74) is 1.54. The Kier molecular flexibility index (Phi) is 5.09. The maximum absolute atomic E-state index is 13.7. The molecule has 2 aromatic rings. The summed E-state index contributed by atoms with van der Waals surface area (Å²) in [6.07, 6.45) is -0.701. The molecule has 0 aromatic heterocycles. The third kappa shape index (κ3) is 4.05. The highest BCUT2D eigenvalue weighted by Gasteiger charge is 2.07. The monoisotopic (exact) mass is 276 g/mol. The lowest BCUT2D eigenvalue weighted by Gasteiger charge is -2.10. The van der Waals surface area contributed by atoms with E-state index < -0.39 is 11.9 Å². The molecular formula is C16H17FO3. The second kappa shape index (κ2) is 7.03. The number of hydrogen-bond donors (Lipinski definition) is 1. The Labute approximate surface area is 117 Å². The van der Waals surface area contributed by atoms with E-state index in [0.717, 1.165) is 5.56 Å². The van der Waals surface area contributed by atoms with Gasteiger partial charge in [-0.2, -0.15) is 0 Å². The van der Waals surface area contributed by atoms with Gasteiger partial charge in [0.15, 0.2) is 18.4 Å². The van der Waals surface area contributed by atoms with Crippen LogP contribution in [0, 0.1) is 5.82 Å². The molecule has 1 N–H and O–H groups in total. The molecule has 0 saturated heterocycles. The van der Waals surface area contributed by atoms with E-state index in [2.05, 4.69) is 0 Å². The van der Waals surface area contributed by atoms with Crippen LogP contribution in [0.5, 0.6) is 5.75 Å². The van der Waals surface area contributed by atoms with Crippen LogP contribution in [0.3, 0.4) is 0 Å². The molecule has 0 radical (unpaired) electrons. The van der Waals surface area contributed by atoms with Crippen LogP contribution in [-0.4, -0.2) is 11.9 Å². The van der Waals surface area contributed by atoms with Crippen molar-refractivity contribution in [1.82, 2.24) is 0 Å². The molecule has 0 aliphatic carbocycles. The number of aliphatic hydroxyl groups excluding tert-OH is 1. The fraction of sp³-hybridized carbons (Fsp3) is 0.250. The summed E-state index contributed by atoms with van der Waals surface area (Å²) in [6.45, 7) is 1.96. The molecular weight excluding hydrogens is 259 g/mol. The van der Waals surface area contributed by atoms with Crippen molar-refractivity contribution in [2.24, 2.45) is 0 Å². The van der Waals surface area contributed by atoms with Crippen molar-refractivity contribution in [1.29, 1.82) is 0 Å². The first-order valence-corrected chi connectivity index (χ1v) is 6.39. The van der Waals surface area contributed by atoms with E-state index in [1.54, 1.807) is 13.0 Å². The number of ether oxygens (including phenoxy) is 2. The number of benzene rings is 2. The molecule has 0 heterocycles. The second-order valence-corrected chi connectivity index (χ2v) is 4.46. The minimum absolute atomic E-state index is 0.0279. The van der Waals surface area contributed by atoms with Crippen molar-refractivity contribution in [3.05, 3.63) is 65.5 Å². The van der Waals surface area contributed by atoms with Gasteiger partial charge in [0.05, 0.1) is 12.7 Å². The van der Waals surface area contributed by atoms with E-state index in [4.69, 9.17) is 9.47 Å². The van der Waals surface area contributed by atoms with E-state index >= 15 is 0 Å². The summed E-state index contributed by atoms with van der Waals surface area (Å²) < 4.78 is 24.2. The van der Waals surface area contributed by atoms with Crippen LogP contribution in [0.1, 0.15) is 24.2 Å². The van der Waals surface area contributed by atoms with Crippen molar-refractivity contribution in [2.45, 2.75) is 19.6 Å². The Balaban J connectivity index is 1.82. The quantitative estimate of drug-likeness (QED) is 0.649. The summed E-state index contributed by atoms with van der Waals surface area (Å²) in [7, 11) is 0. The lowest BCUT2D eigenvalue weighted by Crippen LogP contribution is -2.04. The number of halogens is 1. The standard InChI is InChI=1S/C16H17FO3/c1-12(18)14-7-8-16(15(17)9-14)20-11-19-10-13-5-3-2-4-6-13/h2-9,12,18H,10-11H2,1H3/t12-/m1/s1. The zero-order chi connectivity index (χ0) is 14.4. The van der Waals surface area contributed by atoms with E-state index in [-0.39, 0.29) is 12.5 Å². The van der Waals surface area contributed by atoms with Crippen molar-refractivity contribution >= 4 is 0 Å². The van der Waals surface area contributed by atoms with Crippen LogP contribution in [-0.2, 0) is 11.3 Å². The SMILES string of the molecule is C[C@@H](O)c1ccc(OCOCc2ccccc2)c(F)c1. The molecule has 20 heavy (non-hydrogen) atoms. The molecule has 0 fully saturated rings. The molecule has 0 amide bonds. The van der Waals surface area contributed by atoms with Gasteiger partial charge >= 0.3 is 0 Å². The van der Waals surface area contributed by atoms with Gasteiger partial charge in [0, 0.05) is 0 Å². The molecule has 0 aliphatic rings. The Bertz CT molecular complexity index is 541. The van der Waals surface area contributed by atoms with E-state index in [1.165, 1.54) is 12.1 Å². The van der Waals surface area contributed by atoms with Gasteiger partial charge in [-0.25, -0.2) is 4.39 Å². The van der Waals surface area contributed by atoms with Gasteiger partial charge < -0.3 is 14.6 Å². The van der Waals surface area contributed by atoms with Gasteiger partial charge in [0.1, 0.15) is 0 Å². The Morgan fingerprint density at radius 3 is 2.55 bits per heavy atom. The largest absolute Gasteiger partial charge is 0.464 e. The Hall–Kier alpha value is -1.91. The molecule has 0 bridgehead atoms. The normalized spacial score (nSPS) is 12.2. The molecule has 0 spiro atoms. The first-order valence-electron chi connectivity index (χ1n) is 6.39. The third-order valence-electron chi connectivity index (χ3n) is 2.85. The predicted octanol–water partition coefficient (Wildman–Crippen LogP) is 3.43. The molecule has 4 heteroatoms. The van der Waals surface area contributed by atoms with Crippen molar-refractivity contribution in [3.63, 3.8) is 0 Å². The minimum Gasteiger partial charge on any atom is -0.464 e. The zero-order valence-corrected chi connectivity index (χ0v) is 11.3. The fourth-order valence-corrected chi connectivity index (χ4v) is 1.73. The highest BCUT2D eigenvalue weighted by molar-refractivity contribution is 5.30. The maximum atomic E-state index is 13.7. The topological polar surface area (TPSA) is 38.7 Å². The molecule has 1 atom stereocenters. The van der Waals surface area contributed by atoms with Crippen LogP contribution >= 0.6 is 0 Å². The molecule has 0 unspecified atom stereocenters. The lowest BCUT2D eigenvalue weighted by molar-refractivity contribution is 0.00298. The van der Waals surface area contributed by atoms with Crippen LogP contribution in [0.4, 0.5) is 4.39 Å². The van der Waals surface area contributed by atoms with Gasteiger partial charge in [-0.05, 0) is 30.2 Å². The van der Waals surface area contributed by atoms with Crippen molar-refractivity contribution < 1.29 is 19.0 Å². The summed E-state index contributed by atoms with van der Waals surface area (Å²) in [5, 5.41) is 9.35.